The quantitative estimate of drug-likeness (QED) is 0.864. The highest BCUT2D eigenvalue weighted by Gasteiger charge is 2.52. The van der Waals surface area contributed by atoms with Crippen molar-refractivity contribution in [3.8, 4) is 0 Å². The number of hydrogen-bond donors (Lipinski definition) is 1. The molecule has 21 heavy (non-hydrogen) atoms. The van der Waals surface area contributed by atoms with E-state index in [1.807, 2.05) is 45.9 Å². The summed E-state index contributed by atoms with van der Waals surface area (Å²) in [5.41, 5.74) is 2.30. The summed E-state index contributed by atoms with van der Waals surface area (Å²) < 4.78 is 12.0. The first-order valence-electron chi connectivity index (χ1n) is 7.55. The number of aryl methyl sites for hydroxylation is 1. The van der Waals surface area contributed by atoms with Gasteiger partial charge in [-0.05, 0) is 50.7 Å². The molecule has 1 aromatic carbocycles. The van der Waals surface area contributed by atoms with Gasteiger partial charge in [0.15, 0.2) is 0 Å². The molecular weight excluding hydrogens is 263 g/mol. The predicted molar refractivity (Wildman–Crippen MR) is 87.0 cm³/mol. The van der Waals surface area contributed by atoms with Crippen molar-refractivity contribution in [1.29, 1.82) is 0 Å². The third-order valence-electron chi connectivity index (χ3n) is 4.45. The molecule has 0 unspecified atom stereocenters. The van der Waals surface area contributed by atoms with Crippen molar-refractivity contribution in [1.82, 2.24) is 0 Å². The summed E-state index contributed by atoms with van der Waals surface area (Å²) in [7, 11) is -0.495. The molecule has 0 spiro atoms. The van der Waals surface area contributed by atoms with Crippen LogP contribution in [0.5, 0.6) is 0 Å². The molecule has 1 heterocycles. The van der Waals surface area contributed by atoms with Crippen molar-refractivity contribution < 1.29 is 14.4 Å². The molecule has 0 bridgehead atoms. The number of benzene rings is 1. The number of hydrogen-bond acceptors (Lipinski definition) is 3. The Morgan fingerprint density at radius 2 is 1.81 bits per heavy atom. The van der Waals surface area contributed by atoms with Gasteiger partial charge in [0.05, 0.1) is 17.8 Å². The van der Waals surface area contributed by atoms with Crippen molar-refractivity contribution in [3.05, 3.63) is 40.9 Å². The van der Waals surface area contributed by atoms with E-state index < -0.39 is 18.3 Å². The fourth-order valence-electron chi connectivity index (χ4n) is 2.30. The first kappa shape index (κ1) is 16.3. The maximum absolute atomic E-state index is 9.69. The minimum Gasteiger partial charge on any atom is -0.400 e. The van der Waals surface area contributed by atoms with E-state index >= 15 is 0 Å². The summed E-state index contributed by atoms with van der Waals surface area (Å²) in [5, 5.41) is 9.69. The van der Waals surface area contributed by atoms with E-state index in [2.05, 4.69) is 19.1 Å². The summed E-state index contributed by atoms with van der Waals surface area (Å²) in [6, 6.07) is 8.29. The zero-order chi connectivity index (χ0) is 15.7. The second kappa shape index (κ2) is 5.95. The third-order valence-corrected chi connectivity index (χ3v) is 4.45. The summed E-state index contributed by atoms with van der Waals surface area (Å²) in [6.07, 6.45) is 2.95. The van der Waals surface area contributed by atoms with Gasteiger partial charge in [-0.1, -0.05) is 37.3 Å². The molecule has 0 radical (unpaired) electrons. The van der Waals surface area contributed by atoms with Gasteiger partial charge in [-0.15, -0.1) is 0 Å². The first-order chi connectivity index (χ1) is 9.79. The van der Waals surface area contributed by atoms with Gasteiger partial charge in [-0.3, -0.25) is 0 Å². The Labute approximate surface area is 128 Å². The number of rotatable bonds is 4. The SMILES string of the molecule is CCc1cccc(C=C(CO)B2OC(C)(C)C(C)(C)O2)c1. The predicted octanol–water partition coefficient (Wildman–Crippen LogP) is 3.26. The van der Waals surface area contributed by atoms with Gasteiger partial charge >= 0.3 is 7.12 Å². The zero-order valence-corrected chi connectivity index (χ0v) is 13.6. The molecule has 1 aliphatic heterocycles. The maximum Gasteiger partial charge on any atom is 0.492 e. The first-order valence-corrected chi connectivity index (χ1v) is 7.55. The van der Waals surface area contributed by atoms with Crippen molar-refractivity contribution >= 4 is 13.2 Å². The van der Waals surface area contributed by atoms with Crippen LogP contribution in [0.4, 0.5) is 0 Å². The Morgan fingerprint density at radius 3 is 2.33 bits per heavy atom. The molecule has 2 rings (SSSR count). The molecule has 0 aliphatic carbocycles. The molecule has 1 aromatic rings. The second-order valence-corrected chi connectivity index (χ2v) is 6.56. The van der Waals surface area contributed by atoms with E-state index in [1.54, 1.807) is 0 Å². The number of aliphatic hydroxyl groups excluding tert-OH is 1. The van der Waals surface area contributed by atoms with Gasteiger partial charge in [-0.25, -0.2) is 0 Å². The van der Waals surface area contributed by atoms with E-state index in [4.69, 9.17) is 9.31 Å². The van der Waals surface area contributed by atoms with Crippen molar-refractivity contribution in [2.75, 3.05) is 6.61 Å². The molecule has 1 saturated heterocycles. The Hall–Kier alpha value is -1.10. The largest absolute Gasteiger partial charge is 0.492 e. The monoisotopic (exact) mass is 288 g/mol. The van der Waals surface area contributed by atoms with E-state index in [9.17, 15) is 5.11 Å². The van der Waals surface area contributed by atoms with Crippen LogP contribution in [-0.4, -0.2) is 30.0 Å². The lowest BCUT2D eigenvalue weighted by molar-refractivity contribution is 0.00578. The van der Waals surface area contributed by atoms with E-state index in [0.717, 1.165) is 17.5 Å². The lowest BCUT2D eigenvalue weighted by Gasteiger charge is -2.32. The van der Waals surface area contributed by atoms with Crippen LogP contribution in [0.3, 0.4) is 0 Å². The van der Waals surface area contributed by atoms with Gasteiger partial charge in [-0.2, -0.15) is 0 Å². The van der Waals surface area contributed by atoms with Crippen LogP contribution < -0.4 is 0 Å². The molecule has 3 nitrogen and oxygen atoms in total. The summed E-state index contributed by atoms with van der Waals surface area (Å²) in [6.45, 7) is 10.1. The van der Waals surface area contributed by atoms with Crippen LogP contribution in [-0.2, 0) is 15.7 Å². The van der Waals surface area contributed by atoms with Gasteiger partial charge in [0.1, 0.15) is 0 Å². The Bertz CT molecular complexity index is 519. The van der Waals surface area contributed by atoms with E-state index in [1.165, 1.54) is 5.56 Å². The van der Waals surface area contributed by atoms with Gasteiger partial charge in [0, 0.05) is 0 Å². The van der Waals surface area contributed by atoms with E-state index in [-0.39, 0.29) is 6.61 Å². The maximum atomic E-state index is 9.69. The number of aliphatic hydroxyl groups is 1. The minimum atomic E-state index is -0.495. The van der Waals surface area contributed by atoms with Crippen LogP contribution in [0.1, 0.15) is 45.7 Å². The van der Waals surface area contributed by atoms with Crippen molar-refractivity contribution in [2.45, 2.75) is 52.2 Å². The standard InChI is InChI=1S/C17H25BO3/c1-6-13-8-7-9-14(10-13)11-15(12-19)18-20-16(2,3)17(4,5)21-18/h7-11,19H,6,12H2,1-5H3. The lowest BCUT2D eigenvalue weighted by Crippen LogP contribution is -2.41. The zero-order valence-electron chi connectivity index (χ0n) is 13.6. The topological polar surface area (TPSA) is 38.7 Å². The third kappa shape index (κ3) is 3.39. The Kier molecular flexibility index (Phi) is 4.62. The molecule has 1 fully saturated rings. The highest BCUT2D eigenvalue weighted by Crippen LogP contribution is 2.38. The van der Waals surface area contributed by atoms with Crippen LogP contribution in [0.25, 0.3) is 6.08 Å². The fourth-order valence-corrected chi connectivity index (χ4v) is 2.30. The highest BCUT2D eigenvalue weighted by atomic mass is 16.7. The Balaban J connectivity index is 2.26. The van der Waals surface area contributed by atoms with E-state index in [0.29, 0.717) is 0 Å². The summed E-state index contributed by atoms with van der Waals surface area (Å²) in [5.74, 6) is 0. The van der Waals surface area contributed by atoms with Gasteiger partial charge in [0.2, 0.25) is 0 Å². The minimum absolute atomic E-state index is 0.0762. The summed E-state index contributed by atoms with van der Waals surface area (Å²) >= 11 is 0. The van der Waals surface area contributed by atoms with Gasteiger partial charge in [0.25, 0.3) is 0 Å². The highest BCUT2D eigenvalue weighted by molar-refractivity contribution is 6.55. The summed E-state index contributed by atoms with van der Waals surface area (Å²) in [4.78, 5) is 0. The second-order valence-electron chi connectivity index (χ2n) is 6.56. The molecule has 1 N–H and O–H groups in total. The molecular formula is C17H25BO3. The molecule has 0 amide bonds. The van der Waals surface area contributed by atoms with Crippen molar-refractivity contribution in [3.63, 3.8) is 0 Å². The smallest absolute Gasteiger partial charge is 0.400 e. The van der Waals surface area contributed by atoms with Crippen LogP contribution in [0.15, 0.2) is 29.7 Å². The Morgan fingerprint density at radius 1 is 1.19 bits per heavy atom. The average Bonchev–Trinajstić information content (AvgIpc) is 2.65. The molecule has 0 aromatic heterocycles. The fraction of sp³-hybridized carbons (Fsp3) is 0.529. The molecule has 0 saturated carbocycles. The van der Waals surface area contributed by atoms with Crippen LogP contribution >= 0.6 is 0 Å². The lowest BCUT2D eigenvalue weighted by atomic mass is 9.77. The van der Waals surface area contributed by atoms with Crippen LogP contribution in [0, 0.1) is 0 Å². The van der Waals surface area contributed by atoms with Gasteiger partial charge < -0.3 is 14.4 Å². The normalized spacial score (nSPS) is 20.9. The van der Waals surface area contributed by atoms with Crippen molar-refractivity contribution in [2.24, 2.45) is 0 Å². The molecule has 0 atom stereocenters. The van der Waals surface area contributed by atoms with Crippen LogP contribution in [0.2, 0.25) is 0 Å². The molecule has 114 valence electrons. The molecule has 4 heteroatoms. The molecule has 1 aliphatic rings. The average molecular weight is 288 g/mol.